The van der Waals surface area contributed by atoms with Crippen LogP contribution in [-0.4, -0.2) is 15.9 Å². The smallest absolute Gasteiger partial charge is 0.248 e. The lowest BCUT2D eigenvalue weighted by Gasteiger charge is -2.05. The van der Waals surface area contributed by atoms with Crippen molar-refractivity contribution < 1.29 is 4.79 Å². The molecule has 0 atom stereocenters. The summed E-state index contributed by atoms with van der Waals surface area (Å²) in [5.74, 6) is 0.0328. The largest absolute Gasteiger partial charge is 0.366 e. The van der Waals surface area contributed by atoms with Gasteiger partial charge in [0.25, 0.3) is 0 Å². The van der Waals surface area contributed by atoms with Crippen molar-refractivity contribution in [3.05, 3.63) is 47.8 Å². The van der Waals surface area contributed by atoms with Gasteiger partial charge in [-0.3, -0.25) is 4.79 Å². The molecule has 0 aliphatic rings. The van der Waals surface area contributed by atoms with E-state index in [4.69, 9.17) is 5.73 Å². The third kappa shape index (κ3) is 2.78. The van der Waals surface area contributed by atoms with Crippen LogP contribution in [0, 0.1) is 6.92 Å². The van der Waals surface area contributed by atoms with Gasteiger partial charge in [-0.1, -0.05) is 6.07 Å². The average molecular weight is 228 g/mol. The number of aryl methyl sites for hydroxylation is 1. The summed E-state index contributed by atoms with van der Waals surface area (Å²) in [6.07, 6.45) is 1.67. The summed E-state index contributed by atoms with van der Waals surface area (Å²) in [5, 5.41) is 3.01. The molecule has 1 amide bonds. The Hall–Kier alpha value is -2.43. The number of primary amides is 1. The van der Waals surface area contributed by atoms with Gasteiger partial charge in [-0.2, -0.15) is 0 Å². The molecule has 1 aromatic carbocycles. The van der Waals surface area contributed by atoms with Gasteiger partial charge in [0, 0.05) is 23.1 Å². The summed E-state index contributed by atoms with van der Waals surface area (Å²) < 4.78 is 0. The number of carbonyl (C=O) groups is 1. The monoisotopic (exact) mass is 228 g/mol. The Morgan fingerprint density at radius 2 is 2.18 bits per heavy atom. The molecule has 0 saturated heterocycles. The quantitative estimate of drug-likeness (QED) is 0.836. The predicted octanol–water partition coefficient (Wildman–Crippen LogP) is 1.63. The number of nitrogens with one attached hydrogen (secondary N) is 1. The highest BCUT2D eigenvalue weighted by Crippen LogP contribution is 2.14. The molecule has 17 heavy (non-hydrogen) atoms. The fourth-order valence-corrected chi connectivity index (χ4v) is 1.39. The van der Waals surface area contributed by atoms with Crippen molar-refractivity contribution in [1.82, 2.24) is 9.97 Å². The van der Waals surface area contributed by atoms with Gasteiger partial charge in [0.15, 0.2) is 0 Å². The van der Waals surface area contributed by atoms with E-state index in [1.165, 1.54) is 0 Å². The number of aromatic nitrogens is 2. The molecule has 0 radical (unpaired) electrons. The van der Waals surface area contributed by atoms with Crippen molar-refractivity contribution >= 4 is 17.5 Å². The van der Waals surface area contributed by atoms with Crippen LogP contribution in [0.3, 0.4) is 0 Å². The molecule has 5 nitrogen and oxygen atoms in total. The molecule has 0 spiro atoms. The standard InChI is InChI=1S/C12H12N4O/c1-8-5-6-14-12(15-8)16-10-4-2-3-9(7-10)11(13)17/h2-7H,1H3,(H2,13,17)(H,14,15,16). The van der Waals surface area contributed by atoms with Gasteiger partial charge in [-0.05, 0) is 31.2 Å². The highest BCUT2D eigenvalue weighted by atomic mass is 16.1. The minimum atomic E-state index is -0.459. The number of hydrogen-bond donors (Lipinski definition) is 2. The zero-order valence-electron chi connectivity index (χ0n) is 9.34. The first-order chi connectivity index (χ1) is 8.15. The Balaban J connectivity index is 2.24. The maximum atomic E-state index is 11.0. The van der Waals surface area contributed by atoms with Crippen LogP contribution < -0.4 is 11.1 Å². The van der Waals surface area contributed by atoms with Crippen molar-refractivity contribution in [2.24, 2.45) is 5.73 Å². The Morgan fingerprint density at radius 1 is 1.35 bits per heavy atom. The molecule has 0 aliphatic heterocycles. The second-order valence-electron chi connectivity index (χ2n) is 3.59. The van der Waals surface area contributed by atoms with Crippen LogP contribution in [0.2, 0.25) is 0 Å². The van der Waals surface area contributed by atoms with Gasteiger partial charge in [-0.25, -0.2) is 9.97 Å². The summed E-state index contributed by atoms with van der Waals surface area (Å²) >= 11 is 0. The number of benzene rings is 1. The SMILES string of the molecule is Cc1ccnc(Nc2cccc(C(N)=O)c2)n1. The lowest BCUT2D eigenvalue weighted by molar-refractivity contribution is 0.100. The Morgan fingerprint density at radius 3 is 2.88 bits per heavy atom. The van der Waals surface area contributed by atoms with E-state index in [9.17, 15) is 4.79 Å². The summed E-state index contributed by atoms with van der Waals surface area (Å²) in [7, 11) is 0. The highest BCUT2D eigenvalue weighted by Gasteiger charge is 2.02. The van der Waals surface area contributed by atoms with Crippen molar-refractivity contribution in [1.29, 1.82) is 0 Å². The van der Waals surface area contributed by atoms with Crippen LogP contribution in [0.4, 0.5) is 11.6 Å². The fourth-order valence-electron chi connectivity index (χ4n) is 1.39. The Kier molecular flexibility index (Phi) is 3.00. The molecule has 5 heteroatoms. The van der Waals surface area contributed by atoms with E-state index in [0.717, 1.165) is 11.4 Å². The first kappa shape index (κ1) is 11.1. The second-order valence-corrected chi connectivity index (χ2v) is 3.59. The molecule has 0 bridgehead atoms. The summed E-state index contributed by atoms with van der Waals surface area (Å²) in [4.78, 5) is 19.3. The number of rotatable bonds is 3. The van der Waals surface area contributed by atoms with Crippen LogP contribution in [0.1, 0.15) is 16.1 Å². The molecular weight excluding hydrogens is 216 g/mol. The Bertz CT molecular complexity index is 554. The van der Waals surface area contributed by atoms with E-state index >= 15 is 0 Å². The molecule has 0 fully saturated rings. The topological polar surface area (TPSA) is 80.9 Å². The summed E-state index contributed by atoms with van der Waals surface area (Å²) in [5.41, 5.74) is 7.25. The fraction of sp³-hybridized carbons (Fsp3) is 0.0833. The van der Waals surface area contributed by atoms with E-state index in [1.807, 2.05) is 19.1 Å². The maximum Gasteiger partial charge on any atom is 0.248 e. The average Bonchev–Trinajstić information content (AvgIpc) is 2.29. The maximum absolute atomic E-state index is 11.0. The summed E-state index contributed by atoms with van der Waals surface area (Å²) in [6.45, 7) is 1.88. The molecule has 2 aromatic rings. The van der Waals surface area contributed by atoms with Gasteiger partial charge < -0.3 is 11.1 Å². The lowest BCUT2D eigenvalue weighted by Crippen LogP contribution is -2.11. The summed E-state index contributed by atoms with van der Waals surface area (Å²) in [6, 6.07) is 8.69. The number of amides is 1. The third-order valence-electron chi connectivity index (χ3n) is 2.20. The van der Waals surface area contributed by atoms with Gasteiger partial charge in [0.05, 0.1) is 0 Å². The minimum Gasteiger partial charge on any atom is -0.366 e. The third-order valence-corrected chi connectivity index (χ3v) is 2.20. The molecule has 2 rings (SSSR count). The number of hydrogen-bond acceptors (Lipinski definition) is 4. The van der Waals surface area contributed by atoms with Crippen LogP contribution in [-0.2, 0) is 0 Å². The molecule has 0 saturated carbocycles. The van der Waals surface area contributed by atoms with Crippen LogP contribution in [0.25, 0.3) is 0 Å². The zero-order valence-corrected chi connectivity index (χ0v) is 9.34. The van der Waals surface area contributed by atoms with Gasteiger partial charge in [0.2, 0.25) is 11.9 Å². The van der Waals surface area contributed by atoms with Crippen LogP contribution >= 0.6 is 0 Å². The molecule has 86 valence electrons. The van der Waals surface area contributed by atoms with Gasteiger partial charge in [-0.15, -0.1) is 0 Å². The first-order valence-corrected chi connectivity index (χ1v) is 5.12. The van der Waals surface area contributed by atoms with Crippen molar-refractivity contribution in [2.75, 3.05) is 5.32 Å². The van der Waals surface area contributed by atoms with E-state index in [2.05, 4.69) is 15.3 Å². The first-order valence-electron chi connectivity index (χ1n) is 5.12. The van der Waals surface area contributed by atoms with Crippen molar-refractivity contribution in [3.8, 4) is 0 Å². The van der Waals surface area contributed by atoms with Gasteiger partial charge in [0.1, 0.15) is 0 Å². The Labute approximate surface area is 98.7 Å². The van der Waals surface area contributed by atoms with Crippen LogP contribution in [0.15, 0.2) is 36.5 Å². The molecule has 0 unspecified atom stereocenters. The van der Waals surface area contributed by atoms with Crippen molar-refractivity contribution in [2.45, 2.75) is 6.92 Å². The predicted molar refractivity (Wildman–Crippen MR) is 65.0 cm³/mol. The van der Waals surface area contributed by atoms with E-state index in [-0.39, 0.29) is 0 Å². The number of nitrogens with two attached hydrogens (primary N) is 1. The number of anilines is 2. The molecule has 1 heterocycles. The van der Waals surface area contributed by atoms with Gasteiger partial charge >= 0.3 is 0 Å². The number of nitrogens with zero attached hydrogens (tertiary/aromatic N) is 2. The van der Waals surface area contributed by atoms with E-state index in [1.54, 1.807) is 24.4 Å². The van der Waals surface area contributed by atoms with E-state index in [0.29, 0.717) is 11.5 Å². The molecule has 3 N–H and O–H groups in total. The zero-order chi connectivity index (χ0) is 12.3. The number of carbonyl (C=O) groups excluding carboxylic acids is 1. The second kappa shape index (κ2) is 4.61. The van der Waals surface area contributed by atoms with Crippen molar-refractivity contribution in [3.63, 3.8) is 0 Å². The normalized spacial score (nSPS) is 9.94. The molecular formula is C12H12N4O. The lowest BCUT2D eigenvalue weighted by atomic mass is 10.2. The highest BCUT2D eigenvalue weighted by molar-refractivity contribution is 5.93. The van der Waals surface area contributed by atoms with E-state index < -0.39 is 5.91 Å². The molecule has 0 aliphatic carbocycles. The molecule has 1 aromatic heterocycles. The minimum absolute atomic E-state index is 0.447. The van der Waals surface area contributed by atoms with Crippen LogP contribution in [0.5, 0.6) is 0 Å².